The molecule has 0 heterocycles. The molecule has 0 bridgehead atoms. The fraction of sp³-hybridized carbons (Fsp3) is 0.800. The van der Waals surface area contributed by atoms with Crippen molar-refractivity contribution in [2.75, 3.05) is 20.6 Å². The van der Waals surface area contributed by atoms with Gasteiger partial charge in [-0.15, -0.1) is 12.3 Å². The first kappa shape index (κ1) is 12.4. The SMILES string of the molecule is C#CCCCC(CCN(C)C)NN. The highest BCUT2D eigenvalue weighted by Crippen LogP contribution is 2.03. The predicted octanol–water partition coefficient (Wildman–Crippen LogP) is 0.574. The Hall–Kier alpha value is -0.560. The molecule has 0 aliphatic heterocycles. The molecule has 1 unspecified atom stereocenters. The van der Waals surface area contributed by atoms with E-state index in [9.17, 15) is 0 Å². The molecule has 0 rings (SSSR count). The number of nitrogens with one attached hydrogen (secondary N) is 1. The molecule has 0 amide bonds. The summed E-state index contributed by atoms with van der Waals surface area (Å²) >= 11 is 0. The van der Waals surface area contributed by atoms with E-state index in [-0.39, 0.29) is 0 Å². The quantitative estimate of drug-likeness (QED) is 0.262. The van der Waals surface area contributed by atoms with Gasteiger partial charge >= 0.3 is 0 Å². The summed E-state index contributed by atoms with van der Waals surface area (Å²) in [4.78, 5) is 2.16. The predicted molar refractivity (Wildman–Crippen MR) is 57.0 cm³/mol. The highest BCUT2D eigenvalue weighted by atomic mass is 15.2. The number of rotatable bonds is 7. The van der Waals surface area contributed by atoms with E-state index in [1.54, 1.807) is 0 Å². The van der Waals surface area contributed by atoms with Crippen molar-refractivity contribution < 1.29 is 0 Å². The van der Waals surface area contributed by atoms with Gasteiger partial charge in [0.2, 0.25) is 0 Å². The summed E-state index contributed by atoms with van der Waals surface area (Å²) in [6, 6.07) is 0.399. The van der Waals surface area contributed by atoms with E-state index in [2.05, 4.69) is 30.3 Å². The van der Waals surface area contributed by atoms with Crippen molar-refractivity contribution in [1.29, 1.82) is 0 Å². The van der Waals surface area contributed by atoms with E-state index < -0.39 is 0 Å². The zero-order chi connectivity index (χ0) is 10.1. The molecule has 0 aliphatic carbocycles. The van der Waals surface area contributed by atoms with Gasteiger partial charge in [0.1, 0.15) is 0 Å². The number of nitrogens with two attached hydrogens (primary N) is 1. The molecule has 0 fully saturated rings. The van der Waals surface area contributed by atoms with Crippen LogP contribution in [0, 0.1) is 12.3 Å². The zero-order valence-electron chi connectivity index (χ0n) is 8.71. The van der Waals surface area contributed by atoms with Gasteiger partial charge in [0.15, 0.2) is 0 Å². The molecule has 0 radical (unpaired) electrons. The monoisotopic (exact) mass is 183 g/mol. The van der Waals surface area contributed by atoms with Gasteiger partial charge in [-0.05, 0) is 39.9 Å². The maximum Gasteiger partial charge on any atom is 0.0223 e. The second-order valence-corrected chi connectivity index (χ2v) is 3.55. The Morgan fingerprint density at radius 3 is 2.62 bits per heavy atom. The van der Waals surface area contributed by atoms with Crippen LogP contribution in [-0.4, -0.2) is 31.6 Å². The van der Waals surface area contributed by atoms with Gasteiger partial charge in [0.25, 0.3) is 0 Å². The fourth-order valence-electron chi connectivity index (χ4n) is 1.18. The van der Waals surface area contributed by atoms with Gasteiger partial charge in [-0.2, -0.15) is 0 Å². The standard InChI is InChI=1S/C10H21N3/c1-4-5-6-7-10(12-11)8-9-13(2)3/h1,10,12H,5-9,11H2,2-3H3. The molecule has 0 aromatic heterocycles. The van der Waals surface area contributed by atoms with Crippen LogP contribution in [0.4, 0.5) is 0 Å². The normalized spacial score (nSPS) is 12.8. The summed E-state index contributed by atoms with van der Waals surface area (Å²) in [7, 11) is 4.13. The van der Waals surface area contributed by atoms with Crippen molar-refractivity contribution in [2.45, 2.75) is 31.7 Å². The van der Waals surface area contributed by atoms with Crippen molar-refractivity contribution in [1.82, 2.24) is 10.3 Å². The molecule has 0 saturated heterocycles. The number of nitrogens with zero attached hydrogens (tertiary/aromatic N) is 1. The topological polar surface area (TPSA) is 41.3 Å². The van der Waals surface area contributed by atoms with Crippen LogP contribution in [0.2, 0.25) is 0 Å². The van der Waals surface area contributed by atoms with E-state index in [4.69, 9.17) is 12.3 Å². The Morgan fingerprint density at radius 1 is 1.46 bits per heavy atom. The van der Waals surface area contributed by atoms with Crippen LogP contribution in [0.25, 0.3) is 0 Å². The molecule has 0 aromatic rings. The van der Waals surface area contributed by atoms with Crippen LogP contribution >= 0.6 is 0 Å². The smallest absolute Gasteiger partial charge is 0.0223 e. The summed E-state index contributed by atoms with van der Waals surface area (Å²) in [5, 5.41) is 0. The maximum atomic E-state index is 5.42. The fourth-order valence-corrected chi connectivity index (χ4v) is 1.18. The van der Waals surface area contributed by atoms with Gasteiger partial charge in [-0.1, -0.05) is 0 Å². The van der Waals surface area contributed by atoms with Crippen molar-refractivity contribution in [2.24, 2.45) is 5.84 Å². The Labute approximate surface area is 81.6 Å². The summed E-state index contributed by atoms with van der Waals surface area (Å²) in [5.41, 5.74) is 2.82. The summed E-state index contributed by atoms with van der Waals surface area (Å²) in [6.45, 7) is 1.06. The van der Waals surface area contributed by atoms with Gasteiger partial charge in [-0.3, -0.25) is 11.3 Å². The number of hydrogen-bond donors (Lipinski definition) is 2. The maximum absolute atomic E-state index is 5.42. The third kappa shape index (κ3) is 7.79. The minimum absolute atomic E-state index is 0.399. The van der Waals surface area contributed by atoms with Crippen LogP contribution in [-0.2, 0) is 0 Å². The third-order valence-electron chi connectivity index (χ3n) is 2.03. The first-order valence-corrected chi connectivity index (χ1v) is 4.75. The van der Waals surface area contributed by atoms with Crippen molar-refractivity contribution in [3.05, 3.63) is 0 Å². The van der Waals surface area contributed by atoms with Crippen LogP contribution < -0.4 is 11.3 Å². The number of terminal acetylenes is 1. The Morgan fingerprint density at radius 2 is 2.15 bits per heavy atom. The van der Waals surface area contributed by atoms with Crippen molar-refractivity contribution >= 4 is 0 Å². The van der Waals surface area contributed by atoms with Gasteiger partial charge in [-0.25, -0.2) is 0 Å². The Kier molecular flexibility index (Phi) is 7.71. The molecule has 76 valence electrons. The highest BCUT2D eigenvalue weighted by molar-refractivity contribution is 4.83. The van der Waals surface area contributed by atoms with Crippen LogP contribution in [0.1, 0.15) is 25.7 Å². The van der Waals surface area contributed by atoms with E-state index >= 15 is 0 Å². The van der Waals surface area contributed by atoms with Crippen LogP contribution in [0.5, 0.6) is 0 Å². The average Bonchev–Trinajstić information content (AvgIpc) is 2.10. The molecule has 0 saturated carbocycles. The lowest BCUT2D eigenvalue weighted by Gasteiger charge is -2.17. The molecular formula is C10H21N3. The van der Waals surface area contributed by atoms with E-state index in [1.165, 1.54) is 0 Å². The second kappa shape index (κ2) is 8.06. The van der Waals surface area contributed by atoms with Gasteiger partial charge in [0.05, 0.1) is 0 Å². The third-order valence-corrected chi connectivity index (χ3v) is 2.03. The van der Waals surface area contributed by atoms with Crippen LogP contribution in [0.15, 0.2) is 0 Å². The molecule has 0 aromatic carbocycles. The number of hydrogen-bond acceptors (Lipinski definition) is 3. The molecular weight excluding hydrogens is 162 g/mol. The molecule has 13 heavy (non-hydrogen) atoms. The molecule has 1 atom stereocenters. The number of hydrazine groups is 1. The van der Waals surface area contributed by atoms with E-state index in [1.807, 2.05) is 0 Å². The summed E-state index contributed by atoms with van der Waals surface area (Å²) < 4.78 is 0. The summed E-state index contributed by atoms with van der Waals surface area (Å²) in [6.07, 6.45) is 9.21. The van der Waals surface area contributed by atoms with Gasteiger partial charge in [0, 0.05) is 12.5 Å². The molecule has 3 heteroatoms. The molecule has 0 spiro atoms. The lowest BCUT2D eigenvalue weighted by atomic mass is 10.1. The minimum atomic E-state index is 0.399. The van der Waals surface area contributed by atoms with Crippen molar-refractivity contribution in [3.63, 3.8) is 0 Å². The summed E-state index contributed by atoms with van der Waals surface area (Å²) in [5.74, 6) is 8.05. The second-order valence-electron chi connectivity index (χ2n) is 3.55. The largest absolute Gasteiger partial charge is 0.309 e. The highest BCUT2D eigenvalue weighted by Gasteiger charge is 2.05. The van der Waals surface area contributed by atoms with Gasteiger partial charge < -0.3 is 4.90 Å². The lowest BCUT2D eigenvalue weighted by Crippen LogP contribution is -2.37. The Bertz CT molecular complexity index is 149. The van der Waals surface area contributed by atoms with Crippen molar-refractivity contribution in [3.8, 4) is 12.3 Å². The average molecular weight is 183 g/mol. The minimum Gasteiger partial charge on any atom is -0.309 e. The molecule has 3 nitrogen and oxygen atoms in total. The molecule has 3 N–H and O–H groups in total. The zero-order valence-corrected chi connectivity index (χ0v) is 8.71. The first-order chi connectivity index (χ1) is 6.20. The van der Waals surface area contributed by atoms with E-state index in [0.717, 1.165) is 32.2 Å². The number of unbranched alkanes of at least 4 members (excludes halogenated alkanes) is 1. The lowest BCUT2D eigenvalue weighted by molar-refractivity contribution is 0.348. The molecule has 0 aliphatic rings. The Balaban J connectivity index is 3.46. The van der Waals surface area contributed by atoms with Crippen LogP contribution in [0.3, 0.4) is 0 Å². The van der Waals surface area contributed by atoms with E-state index in [0.29, 0.717) is 6.04 Å². The first-order valence-electron chi connectivity index (χ1n) is 4.75.